The number of halogens is 4. The third-order valence-corrected chi connectivity index (χ3v) is 8.88. The van der Waals surface area contributed by atoms with E-state index in [-0.39, 0.29) is 51.4 Å². The molecule has 2 aromatic carbocycles. The molecule has 0 aliphatic carbocycles. The topological polar surface area (TPSA) is 109 Å². The van der Waals surface area contributed by atoms with Gasteiger partial charge in [-0.3, -0.25) is 4.79 Å². The van der Waals surface area contributed by atoms with Crippen LogP contribution < -0.4 is 14.2 Å². The summed E-state index contributed by atoms with van der Waals surface area (Å²) in [6.07, 6.45) is 1.57. The quantitative estimate of drug-likeness (QED) is 0.181. The number of esters is 1. The van der Waals surface area contributed by atoms with E-state index in [2.05, 4.69) is 4.74 Å². The predicted molar refractivity (Wildman–Crippen MR) is 141 cm³/mol. The van der Waals surface area contributed by atoms with E-state index in [4.69, 9.17) is 32.7 Å². The number of hydrogen-bond acceptors (Lipinski definition) is 7. The molecular formula is C26H24Cl2F2N2O7S. The normalized spacial score (nSPS) is 16.6. The Labute approximate surface area is 239 Å². The van der Waals surface area contributed by atoms with Gasteiger partial charge in [-0.25, -0.2) is 8.42 Å². The molecule has 1 aliphatic rings. The van der Waals surface area contributed by atoms with Crippen molar-refractivity contribution in [1.29, 1.82) is 0 Å². The summed E-state index contributed by atoms with van der Waals surface area (Å²) in [6.45, 7) is -2.98. The Hall–Kier alpha value is -3.19. The molecule has 214 valence electrons. The lowest BCUT2D eigenvalue weighted by molar-refractivity contribution is -0.605. The summed E-state index contributed by atoms with van der Waals surface area (Å²) in [5.74, 6) is -1.13. The van der Waals surface area contributed by atoms with Crippen molar-refractivity contribution in [2.24, 2.45) is 0 Å². The van der Waals surface area contributed by atoms with Gasteiger partial charge in [0.15, 0.2) is 23.9 Å². The molecule has 40 heavy (non-hydrogen) atoms. The number of hydrogen-bond donors (Lipinski definition) is 0. The van der Waals surface area contributed by atoms with E-state index in [0.29, 0.717) is 16.7 Å². The third kappa shape index (κ3) is 6.57. The van der Waals surface area contributed by atoms with E-state index in [1.807, 2.05) is 0 Å². The van der Waals surface area contributed by atoms with Crippen molar-refractivity contribution in [3.8, 4) is 11.5 Å². The lowest BCUT2D eigenvalue weighted by Gasteiger charge is -2.26. The Bertz CT molecular complexity index is 1460. The van der Waals surface area contributed by atoms with Crippen LogP contribution in [0, 0.1) is 5.21 Å². The van der Waals surface area contributed by atoms with Gasteiger partial charge in [-0.1, -0.05) is 47.5 Å². The summed E-state index contributed by atoms with van der Waals surface area (Å²) in [7, 11) is -2.74. The predicted octanol–water partition coefficient (Wildman–Crippen LogP) is 4.92. The van der Waals surface area contributed by atoms with Crippen molar-refractivity contribution in [2.45, 2.75) is 42.9 Å². The van der Waals surface area contributed by atoms with Crippen molar-refractivity contribution < 1.29 is 40.9 Å². The van der Waals surface area contributed by atoms with E-state index in [1.165, 1.54) is 37.4 Å². The number of pyridine rings is 1. The Kier molecular flexibility index (Phi) is 9.34. The SMILES string of the molecule is COc1cc(C(Cc2c(Cl)c[n+]([O-])cc2Cl)OC(=O)C2CCCN2S(=O)(=O)c2ccccc2)ccc1OC(F)F. The fourth-order valence-electron chi connectivity index (χ4n) is 4.43. The Balaban J connectivity index is 1.68. The van der Waals surface area contributed by atoms with Crippen LogP contribution in [0.2, 0.25) is 10.0 Å². The summed E-state index contributed by atoms with van der Waals surface area (Å²) in [5, 5.41) is 11.7. The summed E-state index contributed by atoms with van der Waals surface area (Å²) >= 11 is 12.5. The maximum atomic E-state index is 13.5. The summed E-state index contributed by atoms with van der Waals surface area (Å²) in [5.41, 5.74) is 0.577. The molecule has 1 aromatic heterocycles. The van der Waals surface area contributed by atoms with E-state index in [1.54, 1.807) is 18.2 Å². The molecule has 0 spiro atoms. The number of benzene rings is 2. The number of methoxy groups -OCH3 is 1. The van der Waals surface area contributed by atoms with E-state index < -0.39 is 34.7 Å². The van der Waals surface area contributed by atoms with Crippen molar-refractivity contribution in [2.75, 3.05) is 13.7 Å². The maximum Gasteiger partial charge on any atom is 0.387 e. The van der Waals surface area contributed by atoms with Gasteiger partial charge in [0.1, 0.15) is 22.2 Å². The van der Waals surface area contributed by atoms with Crippen LogP contribution in [0.5, 0.6) is 11.5 Å². The second-order valence-corrected chi connectivity index (χ2v) is 11.5. The average molecular weight is 617 g/mol. The molecule has 0 radical (unpaired) electrons. The number of alkyl halides is 2. The monoisotopic (exact) mass is 616 g/mol. The van der Waals surface area contributed by atoms with Crippen LogP contribution >= 0.6 is 23.2 Å². The second-order valence-electron chi connectivity index (χ2n) is 8.80. The molecule has 0 amide bonds. The average Bonchev–Trinajstić information content (AvgIpc) is 3.42. The molecule has 1 saturated heterocycles. The fraction of sp³-hybridized carbons (Fsp3) is 0.308. The standard InChI is InChI=1S/C26H24Cl2F2N2O7S/c1-37-24-12-16(9-10-22(24)39-26(29)30)23(13-18-19(27)14-31(34)15-20(18)28)38-25(33)21-8-5-11-32(21)40(35,36)17-6-3-2-4-7-17/h2-4,6-7,9-10,12,14-15,21,23,26H,5,8,11,13H2,1H3. The van der Waals surface area contributed by atoms with Crippen LogP contribution in [-0.4, -0.2) is 45.0 Å². The van der Waals surface area contributed by atoms with Gasteiger partial charge in [0, 0.05) is 18.5 Å². The van der Waals surface area contributed by atoms with Crippen molar-refractivity contribution >= 4 is 39.2 Å². The first-order chi connectivity index (χ1) is 19.0. The summed E-state index contributed by atoms with van der Waals surface area (Å²) in [6, 6.07) is 10.6. The molecule has 14 heteroatoms. The van der Waals surface area contributed by atoms with Gasteiger partial charge in [-0.2, -0.15) is 17.8 Å². The molecule has 3 aromatic rings. The van der Waals surface area contributed by atoms with Gasteiger partial charge in [0.25, 0.3) is 0 Å². The molecule has 2 unspecified atom stereocenters. The largest absolute Gasteiger partial charge is 0.619 e. The molecule has 0 saturated carbocycles. The number of nitrogens with zero attached hydrogens (tertiary/aromatic N) is 2. The van der Waals surface area contributed by atoms with Gasteiger partial charge in [-0.05, 0) is 42.7 Å². The number of ether oxygens (including phenoxy) is 3. The molecule has 0 bridgehead atoms. The van der Waals surface area contributed by atoms with Gasteiger partial charge >= 0.3 is 12.6 Å². The second kappa shape index (κ2) is 12.5. The number of rotatable bonds is 10. The van der Waals surface area contributed by atoms with Crippen LogP contribution in [0.4, 0.5) is 8.78 Å². The van der Waals surface area contributed by atoms with Crippen LogP contribution in [-0.2, 0) is 26.0 Å². The van der Waals surface area contributed by atoms with Gasteiger partial charge < -0.3 is 19.4 Å². The van der Waals surface area contributed by atoms with Crippen LogP contribution in [0.25, 0.3) is 0 Å². The zero-order chi connectivity index (χ0) is 29.0. The van der Waals surface area contributed by atoms with Crippen molar-refractivity contribution in [1.82, 2.24) is 4.31 Å². The lowest BCUT2D eigenvalue weighted by Crippen LogP contribution is -2.41. The lowest BCUT2D eigenvalue weighted by atomic mass is 10.0. The highest BCUT2D eigenvalue weighted by atomic mass is 35.5. The number of aromatic nitrogens is 1. The smallest absolute Gasteiger partial charge is 0.387 e. The molecule has 2 heterocycles. The van der Waals surface area contributed by atoms with Crippen molar-refractivity contribution in [3.63, 3.8) is 0 Å². The van der Waals surface area contributed by atoms with E-state index in [0.717, 1.165) is 16.7 Å². The Morgan fingerprint density at radius 2 is 1.80 bits per heavy atom. The Morgan fingerprint density at radius 3 is 2.42 bits per heavy atom. The van der Waals surface area contributed by atoms with Crippen LogP contribution in [0.3, 0.4) is 0 Å². The zero-order valence-electron chi connectivity index (χ0n) is 21.0. The molecule has 1 fully saturated rings. The summed E-state index contributed by atoms with van der Waals surface area (Å²) in [4.78, 5) is 13.5. The maximum absolute atomic E-state index is 13.5. The minimum Gasteiger partial charge on any atom is -0.619 e. The third-order valence-electron chi connectivity index (χ3n) is 6.31. The highest BCUT2D eigenvalue weighted by molar-refractivity contribution is 7.89. The Morgan fingerprint density at radius 1 is 1.12 bits per heavy atom. The number of carbonyl (C=O) groups excluding carboxylic acids is 1. The first kappa shape index (κ1) is 29.8. The zero-order valence-corrected chi connectivity index (χ0v) is 23.3. The highest BCUT2D eigenvalue weighted by Crippen LogP contribution is 2.37. The van der Waals surface area contributed by atoms with Gasteiger partial charge in [-0.15, -0.1) is 0 Å². The van der Waals surface area contributed by atoms with E-state index in [9.17, 15) is 27.2 Å². The molecule has 0 N–H and O–H groups in total. The van der Waals surface area contributed by atoms with Gasteiger partial charge in [0.2, 0.25) is 10.0 Å². The minimum atomic E-state index is -3.99. The highest BCUT2D eigenvalue weighted by Gasteiger charge is 2.41. The number of carbonyl (C=O) groups is 1. The minimum absolute atomic E-state index is 0.00214. The van der Waals surface area contributed by atoms with Crippen molar-refractivity contribution in [3.05, 3.63) is 87.3 Å². The molecule has 9 nitrogen and oxygen atoms in total. The van der Waals surface area contributed by atoms with Gasteiger partial charge in [0.05, 0.1) is 12.0 Å². The first-order valence-corrected chi connectivity index (χ1v) is 14.2. The van der Waals surface area contributed by atoms with Crippen LogP contribution in [0.15, 0.2) is 65.8 Å². The van der Waals surface area contributed by atoms with E-state index >= 15 is 0 Å². The van der Waals surface area contributed by atoms with Crippen LogP contribution in [0.1, 0.15) is 30.1 Å². The number of sulfonamides is 1. The molecular weight excluding hydrogens is 593 g/mol. The molecule has 1 aliphatic heterocycles. The fourth-order valence-corrected chi connectivity index (χ4v) is 6.69. The summed E-state index contributed by atoms with van der Waals surface area (Å²) < 4.78 is 69.3. The molecule has 2 atom stereocenters. The first-order valence-electron chi connectivity index (χ1n) is 12.0. The molecule has 4 rings (SSSR count).